The summed E-state index contributed by atoms with van der Waals surface area (Å²) in [7, 11) is 0. The van der Waals surface area contributed by atoms with Crippen LogP contribution in [0, 0.1) is 0 Å². The first-order valence-electron chi connectivity index (χ1n) is 4.94. The van der Waals surface area contributed by atoms with Gasteiger partial charge in [0.2, 0.25) is 0 Å². The fourth-order valence-corrected chi connectivity index (χ4v) is 1.55. The quantitative estimate of drug-likeness (QED) is 0.645. The monoisotopic (exact) mass is 176 g/mol. The molecule has 13 heavy (non-hydrogen) atoms. The minimum atomic E-state index is 0.147. The van der Waals surface area contributed by atoms with Crippen LogP contribution >= 0.6 is 0 Å². The minimum Gasteiger partial charge on any atom is -0.370 e. The molecule has 2 rings (SSSR count). The average Bonchev–Trinajstić information content (AvgIpc) is 2.85. The predicted molar refractivity (Wildman–Crippen MR) is 53.9 cm³/mol. The van der Waals surface area contributed by atoms with E-state index in [2.05, 4.69) is 38.1 Å². The lowest BCUT2D eigenvalue weighted by molar-refractivity contribution is 0.322. The number of epoxide rings is 1. The van der Waals surface area contributed by atoms with Crippen LogP contribution in [0.5, 0.6) is 0 Å². The molecule has 0 aromatic heterocycles. The van der Waals surface area contributed by atoms with Crippen LogP contribution in [0.3, 0.4) is 0 Å². The van der Waals surface area contributed by atoms with Crippen molar-refractivity contribution in [3.05, 3.63) is 35.4 Å². The van der Waals surface area contributed by atoms with Crippen LogP contribution in [0.25, 0.3) is 0 Å². The number of aryl methyl sites for hydroxylation is 1. The van der Waals surface area contributed by atoms with Crippen molar-refractivity contribution >= 4 is 0 Å². The van der Waals surface area contributed by atoms with Gasteiger partial charge in [-0.15, -0.1) is 0 Å². The molecule has 0 spiro atoms. The molecule has 1 nitrogen and oxygen atoms in total. The highest BCUT2D eigenvalue weighted by molar-refractivity contribution is 5.24. The molecule has 0 radical (unpaired) electrons. The van der Waals surface area contributed by atoms with E-state index >= 15 is 0 Å². The lowest BCUT2D eigenvalue weighted by Crippen LogP contribution is -2.08. The second-order valence-corrected chi connectivity index (χ2v) is 4.09. The molecular formula is C12H16O. The van der Waals surface area contributed by atoms with E-state index in [4.69, 9.17) is 4.74 Å². The highest BCUT2D eigenvalue weighted by Gasteiger charge is 2.38. The van der Waals surface area contributed by atoms with Gasteiger partial charge >= 0.3 is 0 Å². The average molecular weight is 176 g/mol. The molecule has 70 valence electrons. The zero-order valence-corrected chi connectivity index (χ0v) is 8.34. The standard InChI is InChI=1S/C12H16O/c1-3-10-4-6-11(7-5-10)8-12(2)9-13-12/h4-7H,3,8-9H2,1-2H3. The molecule has 1 fully saturated rings. The number of benzene rings is 1. The molecule has 0 saturated carbocycles. The zero-order valence-electron chi connectivity index (χ0n) is 8.34. The highest BCUT2D eigenvalue weighted by atomic mass is 16.6. The van der Waals surface area contributed by atoms with Crippen LogP contribution in [0.15, 0.2) is 24.3 Å². The third-order valence-corrected chi connectivity index (χ3v) is 2.65. The summed E-state index contributed by atoms with van der Waals surface area (Å²) in [5, 5.41) is 0. The molecule has 0 N–H and O–H groups in total. The van der Waals surface area contributed by atoms with Gasteiger partial charge in [0.25, 0.3) is 0 Å². The van der Waals surface area contributed by atoms with Crippen molar-refractivity contribution in [1.29, 1.82) is 0 Å². The van der Waals surface area contributed by atoms with Gasteiger partial charge in [-0.25, -0.2) is 0 Å². The van der Waals surface area contributed by atoms with Crippen molar-refractivity contribution in [3.63, 3.8) is 0 Å². The van der Waals surface area contributed by atoms with E-state index in [-0.39, 0.29) is 5.60 Å². The Morgan fingerprint density at radius 3 is 2.23 bits per heavy atom. The summed E-state index contributed by atoms with van der Waals surface area (Å²) in [6.07, 6.45) is 2.17. The summed E-state index contributed by atoms with van der Waals surface area (Å²) in [5.41, 5.74) is 2.94. The fraction of sp³-hybridized carbons (Fsp3) is 0.500. The lowest BCUT2D eigenvalue weighted by Gasteiger charge is -2.05. The second-order valence-electron chi connectivity index (χ2n) is 4.09. The Bertz CT molecular complexity index is 282. The summed E-state index contributed by atoms with van der Waals surface area (Å²) in [6, 6.07) is 8.85. The van der Waals surface area contributed by atoms with E-state index in [1.165, 1.54) is 11.1 Å². The van der Waals surface area contributed by atoms with Crippen molar-refractivity contribution in [2.24, 2.45) is 0 Å². The molecule has 1 aliphatic rings. The van der Waals surface area contributed by atoms with Crippen molar-refractivity contribution in [2.45, 2.75) is 32.3 Å². The van der Waals surface area contributed by atoms with Crippen LogP contribution in [0.2, 0.25) is 0 Å². The van der Waals surface area contributed by atoms with Crippen LogP contribution in [0.4, 0.5) is 0 Å². The maximum Gasteiger partial charge on any atom is 0.0928 e. The highest BCUT2D eigenvalue weighted by Crippen LogP contribution is 2.30. The summed E-state index contributed by atoms with van der Waals surface area (Å²) in [6.45, 7) is 5.27. The van der Waals surface area contributed by atoms with E-state index < -0.39 is 0 Å². The topological polar surface area (TPSA) is 12.5 Å². The van der Waals surface area contributed by atoms with E-state index in [1.54, 1.807) is 0 Å². The first kappa shape index (κ1) is 8.76. The van der Waals surface area contributed by atoms with Gasteiger partial charge in [0.1, 0.15) is 0 Å². The molecule has 1 atom stereocenters. The molecule has 0 bridgehead atoms. The maximum atomic E-state index is 5.36. The number of hydrogen-bond donors (Lipinski definition) is 0. The second kappa shape index (κ2) is 3.15. The summed E-state index contributed by atoms with van der Waals surface area (Å²) < 4.78 is 5.36. The van der Waals surface area contributed by atoms with Crippen molar-refractivity contribution in [1.82, 2.24) is 0 Å². The predicted octanol–water partition coefficient (Wildman–Crippen LogP) is 2.58. The Balaban J connectivity index is 2.05. The molecule has 1 saturated heterocycles. The van der Waals surface area contributed by atoms with Gasteiger partial charge in [-0.05, 0) is 24.5 Å². The number of ether oxygens (including phenoxy) is 1. The molecular weight excluding hydrogens is 160 g/mol. The molecule has 1 aromatic rings. The van der Waals surface area contributed by atoms with E-state index in [9.17, 15) is 0 Å². The van der Waals surface area contributed by atoms with Gasteiger partial charge in [0, 0.05) is 6.42 Å². The molecule has 1 heteroatoms. The van der Waals surface area contributed by atoms with E-state index in [0.717, 1.165) is 19.4 Å². The Morgan fingerprint density at radius 1 is 1.23 bits per heavy atom. The summed E-state index contributed by atoms with van der Waals surface area (Å²) >= 11 is 0. The fourth-order valence-electron chi connectivity index (χ4n) is 1.55. The zero-order chi connectivity index (χ0) is 9.31. The van der Waals surface area contributed by atoms with Gasteiger partial charge < -0.3 is 4.74 Å². The van der Waals surface area contributed by atoms with Gasteiger partial charge in [-0.1, -0.05) is 31.2 Å². The maximum absolute atomic E-state index is 5.36. The van der Waals surface area contributed by atoms with Gasteiger partial charge in [0.15, 0.2) is 0 Å². The molecule has 1 aromatic carbocycles. The Hall–Kier alpha value is -0.820. The molecule has 1 unspecified atom stereocenters. The van der Waals surface area contributed by atoms with Crippen LogP contribution < -0.4 is 0 Å². The summed E-state index contributed by atoms with van der Waals surface area (Å²) in [5.74, 6) is 0. The van der Waals surface area contributed by atoms with Crippen LogP contribution in [0.1, 0.15) is 25.0 Å². The molecule has 1 aliphatic heterocycles. The normalized spacial score (nSPS) is 26.0. The van der Waals surface area contributed by atoms with Crippen LogP contribution in [-0.2, 0) is 17.6 Å². The number of hydrogen-bond acceptors (Lipinski definition) is 1. The Morgan fingerprint density at radius 2 is 1.77 bits per heavy atom. The minimum absolute atomic E-state index is 0.147. The van der Waals surface area contributed by atoms with Crippen LogP contribution in [-0.4, -0.2) is 12.2 Å². The lowest BCUT2D eigenvalue weighted by atomic mass is 10.0. The third kappa shape index (κ3) is 2.10. The smallest absolute Gasteiger partial charge is 0.0928 e. The molecule has 0 amide bonds. The summed E-state index contributed by atoms with van der Waals surface area (Å²) in [4.78, 5) is 0. The third-order valence-electron chi connectivity index (χ3n) is 2.65. The molecule has 1 heterocycles. The van der Waals surface area contributed by atoms with E-state index in [1.807, 2.05) is 0 Å². The Labute approximate surface area is 79.7 Å². The Kier molecular flexibility index (Phi) is 2.12. The van der Waals surface area contributed by atoms with E-state index in [0.29, 0.717) is 0 Å². The largest absolute Gasteiger partial charge is 0.370 e. The van der Waals surface area contributed by atoms with Gasteiger partial charge in [-0.2, -0.15) is 0 Å². The molecule has 0 aliphatic carbocycles. The van der Waals surface area contributed by atoms with Crippen molar-refractivity contribution < 1.29 is 4.74 Å². The first-order chi connectivity index (χ1) is 6.22. The van der Waals surface area contributed by atoms with Crippen molar-refractivity contribution in [2.75, 3.05) is 6.61 Å². The van der Waals surface area contributed by atoms with Crippen molar-refractivity contribution in [3.8, 4) is 0 Å². The van der Waals surface area contributed by atoms with Gasteiger partial charge in [-0.3, -0.25) is 0 Å². The number of rotatable bonds is 3. The SMILES string of the molecule is CCc1ccc(CC2(C)CO2)cc1. The first-order valence-corrected chi connectivity index (χ1v) is 4.94. The van der Waals surface area contributed by atoms with Gasteiger partial charge in [0.05, 0.1) is 12.2 Å².